The Morgan fingerprint density at radius 1 is 1.26 bits per heavy atom. The highest BCUT2D eigenvalue weighted by atomic mass is 32.1. The normalized spacial score (nSPS) is 12.7. The van der Waals surface area contributed by atoms with Gasteiger partial charge in [-0.15, -0.1) is 11.3 Å². The number of aliphatic hydroxyl groups excluding tert-OH is 1. The number of thiophene rings is 1. The predicted octanol–water partition coefficient (Wildman–Crippen LogP) is 3.61. The van der Waals surface area contributed by atoms with E-state index in [0.717, 1.165) is 17.9 Å². The third-order valence-corrected chi connectivity index (χ3v) is 3.93. The lowest BCUT2D eigenvalue weighted by Gasteiger charge is -2.29. The average Bonchev–Trinajstić information content (AvgIpc) is 2.88. The molecule has 2 aromatic rings. The van der Waals surface area contributed by atoms with E-state index in [0.29, 0.717) is 6.04 Å². The Kier molecular flexibility index (Phi) is 4.56. The van der Waals surface area contributed by atoms with Crippen molar-refractivity contribution >= 4 is 17.2 Å². The summed E-state index contributed by atoms with van der Waals surface area (Å²) in [5.74, 6) is 0.876. The third kappa shape index (κ3) is 3.33. The van der Waals surface area contributed by atoms with Crippen molar-refractivity contribution in [3.63, 3.8) is 0 Å². The number of rotatable bonds is 5. The second-order valence-electron chi connectivity index (χ2n) is 4.89. The van der Waals surface area contributed by atoms with Crippen molar-refractivity contribution < 1.29 is 5.11 Å². The maximum Gasteiger partial charge on any atom is 0.134 e. The molecule has 0 radical (unpaired) electrons. The Labute approximate surface area is 118 Å². The molecule has 3 nitrogen and oxygen atoms in total. The fourth-order valence-electron chi connectivity index (χ4n) is 2.05. The van der Waals surface area contributed by atoms with Crippen LogP contribution in [0.25, 0.3) is 0 Å². The Bertz CT molecular complexity index is 509. The van der Waals surface area contributed by atoms with E-state index in [1.54, 1.807) is 24.5 Å². The van der Waals surface area contributed by atoms with Crippen LogP contribution in [0.1, 0.15) is 37.3 Å². The van der Waals surface area contributed by atoms with Gasteiger partial charge in [0.05, 0.1) is 12.6 Å². The maximum atomic E-state index is 9.90. The molecule has 0 fully saturated rings. The van der Waals surface area contributed by atoms with Gasteiger partial charge in [0, 0.05) is 22.7 Å². The van der Waals surface area contributed by atoms with Gasteiger partial charge < -0.3 is 10.0 Å². The van der Waals surface area contributed by atoms with Crippen LogP contribution in [0.15, 0.2) is 35.8 Å². The van der Waals surface area contributed by atoms with Gasteiger partial charge in [-0.2, -0.15) is 0 Å². The van der Waals surface area contributed by atoms with Crippen LogP contribution in [-0.2, 0) is 6.54 Å². The highest BCUT2D eigenvalue weighted by molar-refractivity contribution is 7.09. The largest absolute Gasteiger partial charge is 0.389 e. The summed E-state index contributed by atoms with van der Waals surface area (Å²) in [5, 5.41) is 12.0. The molecule has 0 aromatic carbocycles. The molecule has 2 heterocycles. The average molecular weight is 276 g/mol. The summed E-state index contributed by atoms with van der Waals surface area (Å²) in [6.07, 6.45) is 1.28. The number of anilines is 1. The lowest BCUT2D eigenvalue weighted by atomic mass is 10.1. The molecule has 0 saturated carbocycles. The van der Waals surface area contributed by atoms with Crippen LogP contribution in [0, 0.1) is 0 Å². The Hall–Kier alpha value is -1.39. The van der Waals surface area contributed by atoms with E-state index in [9.17, 15) is 5.11 Å². The third-order valence-electron chi connectivity index (χ3n) is 3.07. The first-order valence-corrected chi connectivity index (χ1v) is 7.39. The number of hydrogen-bond donors (Lipinski definition) is 1. The molecule has 102 valence electrons. The van der Waals surface area contributed by atoms with Crippen LogP contribution >= 0.6 is 11.3 Å². The molecule has 0 spiro atoms. The molecule has 4 heteroatoms. The Morgan fingerprint density at radius 3 is 2.63 bits per heavy atom. The highest BCUT2D eigenvalue weighted by Crippen LogP contribution is 2.27. The van der Waals surface area contributed by atoms with Gasteiger partial charge in [0.15, 0.2) is 0 Å². The molecule has 0 bridgehead atoms. The zero-order valence-electron chi connectivity index (χ0n) is 11.6. The molecule has 19 heavy (non-hydrogen) atoms. The predicted molar refractivity (Wildman–Crippen MR) is 80.5 cm³/mol. The maximum absolute atomic E-state index is 9.90. The summed E-state index contributed by atoms with van der Waals surface area (Å²) >= 11 is 1.75. The van der Waals surface area contributed by atoms with Crippen LogP contribution in [0.4, 0.5) is 5.82 Å². The van der Waals surface area contributed by atoms with Gasteiger partial charge in [0.1, 0.15) is 5.82 Å². The van der Waals surface area contributed by atoms with E-state index < -0.39 is 6.10 Å². The van der Waals surface area contributed by atoms with E-state index in [-0.39, 0.29) is 0 Å². The zero-order chi connectivity index (χ0) is 13.8. The van der Waals surface area contributed by atoms with Crippen molar-refractivity contribution in [2.45, 2.75) is 39.5 Å². The fraction of sp³-hybridized carbons (Fsp3) is 0.400. The summed E-state index contributed by atoms with van der Waals surface area (Å²) < 4.78 is 0. The Balaban J connectivity index is 2.34. The molecule has 1 atom stereocenters. The van der Waals surface area contributed by atoms with E-state index in [2.05, 4.69) is 41.2 Å². The van der Waals surface area contributed by atoms with Crippen LogP contribution < -0.4 is 4.90 Å². The molecule has 0 saturated heterocycles. The highest BCUT2D eigenvalue weighted by Gasteiger charge is 2.18. The second-order valence-corrected chi connectivity index (χ2v) is 5.93. The summed E-state index contributed by atoms with van der Waals surface area (Å²) in [6, 6.07) is 8.33. The van der Waals surface area contributed by atoms with Gasteiger partial charge >= 0.3 is 0 Å². The van der Waals surface area contributed by atoms with Gasteiger partial charge in [-0.05, 0) is 38.3 Å². The van der Waals surface area contributed by atoms with Crippen molar-refractivity contribution in [1.82, 2.24) is 4.98 Å². The number of aromatic nitrogens is 1. The minimum absolute atomic E-state index is 0.328. The van der Waals surface area contributed by atoms with Crippen molar-refractivity contribution in [3.05, 3.63) is 46.3 Å². The van der Waals surface area contributed by atoms with E-state index in [1.165, 1.54) is 4.88 Å². The monoisotopic (exact) mass is 276 g/mol. The van der Waals surface area contributed by atoms with Gasteiger partial charge in [-0.1, -0.05) is 12.1 Å². The number of hydrogen-bond acceptors (Lipinski definition) is 4. The first-order chi connectivity index (χ1) is 9.09. The minimum Gasteiger partial charge on any atom is -0.389 e. The standard InChI is InChI=1S/C15H20N2OS/c1-11(2)17(10-13-6-5-9-19-13)15-14(12(3)18)7-4-8-16-15/h4-9,11-12,18H,10H2,1-3H3. The summed E-state index contributed by atoms with van der Waals surface area (Å²) in [6.45, 7) is 6.90. The van der Waals surface area contributed by atoms with E-state index >= 15 is 0 Å². The number of nitrogens with zero attached hydrogens (tertiary/aromatic N) is 2. The zero-order valence-corrected chi connectivity index (χ0v) is 12.4. The topological polar surface area (TPSA) is 36.4 Å². The van der Waals surface area contributed by atoms with Gasteiger partial charge in [-0.3, -0.25) is 0 Å². The fourth-order valence-corrected chi connectivity index (χ4v) is 2.75. The van der Waals surface area contributed by atoms with Crippen molar-refractivity contribution in [2.24, 2.45) is 0 Å². The summed E-state index contributed by atoms with van der Waals surface area (Å²) in [7, 11) is 0. The molecular formula is C15H20N2OS. The van der Waals surface area contributed by atoms with Crippen LogP contribution in [0.3, 0.4) is 0 Å². The molecular weight excluding hydrogens is 256 g/mol. The quantitative estimate of drug-likeness (QED) is 0.906. The number of aliphatic hydroxyl groups is 1. The molecule has 2 aromatic heterocycles. The Morgan fingerprint density at radius 2 is 2.05 bits per heavy atom. The molecule has 0 aliphatic heterocycles. The number of pyridine rings is 1. The molecule has 1 unspecified atom stereocenters. The van der Waals surface area contributed by atoms with E-state index in [1.807, 2.05) is 12.1 Å². The summed E-state index contributed by atoms with van der Waals surface area (Å²) in [4.78, 5) is 8.00. The molecule has 0 aliphatic rings. The molecule has 0 amide bonds. The van der Waals surface area contributed by atoms with Crippen LogP contribution in [0.2, 0.25) is 0 Å². The second kappa shape index (κ2) is 6.17. The first-order valence-electron chi connectivity index (χ1n) is 6.51. The summed E-state index contributed by atoms with van der Waals surface area (Å²) in [5.41, 5.74) is 0.882. The molecule has 0 aliphatic carbocycles. The van der Waals surface area contributed by atoms with Gasteiger partial charge in [0.2, 0.25) is 0 Å². The SMILES string of the molecule is CC(O)c1cccnc1N(Cc1cccs1)C(C)C. The smallest absolute Gasteiger partial charge is 0.134 e. The van der Waals surface area contributed by atoms with Crippen molar-refractivity contribution in [2.75, 3.05) is 4.90 Å². The van der Waals surface area contributed by atoms with Gasteiger partial charge in [-0.25, -0.2) is 4.98 Å². The van der Waals surface area contributed by atoms with Crippen molar-refractivity contribution in [3.8, 4) is 0 Å². The van der Waals surface area contributed by atoms with E-state index in [4.69, 9.17) is 0 Å². The minimum atomic E-state index is -0.506. The molecule has 1 N–H and O–H groups in total. The lowest BCUT2D eigenvalue weighted by Crippen LogP contribution is -2.31. The first kappa shape index (κ1) is 14.0. The van der Waals surface area contributed by atoms with Gasteiger partial charge in [0.25, 0.3) is 0 Å². The van der Waals surface area contributed by atoms with Crippen LogP contribution in [-0.4, -0.2) is 16.1 Å². The van der Waals surface area contributed by atoms with Crippen molar-refractivity contribution in [1.29, 1.82) is 0 Å². The van der Waals surface area contributed by atoms with Crippen LogP contribution in [0.5, 0.6) is 0 Å². The lowest BCUT2D eigenvalue weighted by molar-refractivity contribution is 0.199. The molecule has 2 rings (SSSR count).